The average molecular weight is 391 g/mol. The zero-order chi connectivity index (χ0) is 18.9. The highest BCUT2D eigenvalue weighted by Crippen LogP contribution is 2.24. The minimum absolute atomic E-state index is 0.911. The van der Waals surface area contributed by atoms with Gasteiger partial charge in [0.1, 0.15) is 10.5 Å². The van der Waals surface area contributed by atoms with E-state index in [0.29, 0.717) is 0 Å². The lowest BCUT2D eigenvalue weighted by Gasteiger charge is -2.35. The molecule has 1 fully saturated rings. The fourth-order valence-corrected chi connectivity index (χ4v) is 4.55. The molecule has 1 saturated heterocycles. The molecule has 0 amide bonds. The molecule has 0 N–H and O–H groups in total. The van der Waals surface area contributed by atoms with Gasteiger partial charge >= 0.3 is 0 Å². The van der Waals surface area contributed by atoms with Crippen LogP contribution in [-0.2, 0) is 6.54 Å². The summed E-state index contributed by atoms with van der Waals surface area (Å²) in [4.78, 5) is 14.3. The van der Waals surface area contributed by atoms with Crippen LogP contribution in [0.4, 0.5) is 5.82 Å². The van der Waals surface area contributed by atoms with Crippen LogP contribution in [0.1, 0.15) is 10.7 Å². The van der Waals surface area contributed by atoms with Gasteiger partial charge in [-0.05, 0) is 13.0 Å². The molecule has 0 unspecified atom stereocenters. The second-order valence-corrected chi connectivity index (χ2v) is 8.06. The summed E-state index contributed by atoms with van der Waals surface area (Å²) in [5.41, 5.74) is 4.36. The highest BCUT2D eigenvalue weighted by molar-refractivity contribution is 7.09. The summed E-state index contributed by atoms with van der Waals surface area (Å²) in [6.07, 6.45) is 3.75. The third kappa shape index (κ3) is 3.39. The summed E-state index contributed by atoms with van der Waals surface area (Å²) in [7, 11) is 0. The Labute approximate surface area is 168 Å². The zero-order valence-electron chi connectivity index (χ0n) is 15.8. The number of thiazole rings is 1. The van der Waals surface area contributed by atoms with E-state index in [-0.39, 0.29) is 0 Å². The molecule has 0 radical (unpaired) electrons. The van der Waals surface area contributed by atoms with Gasteiger partial charge in [0.05, 0.1) is 17.9 Å². The first-order chi connectivity index (χ1) is 13.8. The van der Waals surface area contributed by atoms with Crippen molar-refractivity contribution >= 4 is 22.7 Å². The standard InChI is InChI=1S/C21H22N6S/c1-16-13-19-21(22-7-8-27(19)24-16)26-11-9-25(10-12-26)14-20-23-18(15-28-20)17-5-3-2-4-6-17/h2-8,13,15H,9-12,14H2,1H3. The van der Waals surface area contributed by atoms with Gasteiger partial charge in [-0.15, -0.1) is 11.3 Å². The zero-order valence-corrected chi connectivity index (χ0v) is 16.6. The first-order valence-electron chi connectivity index (χ1n) is 9.54. The van der Waals surface area contributed by atoms with Crippen LogP contribution in [0.15, 0.2) is 54.2 Å². The summed E-state index contributed by atoms with van der Waals surface area (Å²) in [6.45, 7) is 6.88. The lowest BCUT2D eigenvalue weighted by atomic mass is 10.2. The molecule has 0 atom stereocenters. The number of aromatic nitrogens is 4. The molecule has 1 aromatic carbocycles. The van der Waals surface area contributed by atoms with Gasteiger partial charge in [-0.1, -0.05) is 30.3 Å². The third-order valence-corrected chi connectivity index (χ3v) is 5.98. The molecule has 4 heterocycles. The largest absolute Gasteiger partial charge is 0.352 e. The molecule has 0 spiro atoms. The van der Waals surface area contributed by atoms with Crippen LogP contribution in [0.2, 0.25) is 0 Å². The molecule has 28 heavy (non-hydrogen) atoms. The molecule has 0 aliphatic carbocycles. The summed E-state index contributed by atoms with van der Waals surface area (Å²) >= 11 is 1.75. The Bertz CT molecular complexity index is 1080. The topological polar surface area (TPSA) is 49.6 Å². The van der Waals surface area contributed by atoms with Gasteiger partial charge in [-0.2, -0.15) is 5.10 Å². The number of aryl methyl sites for hydroxylation is 1. The smallest absolute Gasteiger partial charge is 0.154 e. The Morgan fingerprint density at radius 1 is 1.07 bits per heavy atom. The molecular weight excluding hydrogens is 368 g/mol. The predicted octanol–water partition coefficient (Wildman–Crippen LogP) is 3.48. The maximum Gasteiger partial charge on any atom is 0.154 e. The molecule has 142 valence electrons. The summed E-state index contributed by atoms with van der Waals surface area (Å²) < 4.78 is 1.92. The van der Waals surface area contributed by atoms with Gasteiger partial charge in [0, 0.05) is 49.5 Å². The Morgan fingerprint density at radius 2 is 1.89 bits per heavy atom. The molecule has 5 rings (SSSR count). The molecule has 0 bridgehead atoms. The maximum absolute atomic E-state index is 4.83. The monoisotopic (exact) mass is 390 g/mol. The van der Waals surface area contributed by atoms with Crippen LogP contribution < -0.4 is 4.90 Å². The Kier molecular flexibility index (Phi) is 4.54. The summed E-state index contributed by atoms with van der Waals surface area (Å²) in [5.74, 6) is 1.03. The van der Waals surface area contributed by atoms with E-state index in [9.17, 15) is 0 Å². The van der Waals surface area contributed by atoms with Crippen molar-refractivity contribution in [3.05, 3.63) is 64.9 Å². The number of benzene rings is 1. The van der Waals surface area contributed by atoms with Gasteiger partial charge in [-0.3, -0.25) is 4.90 Å². The fraction of sp³-hybridized carbons (Fsp3) is 0.286. The molecule has 1 aliphatic heterocycles. The fourth-order valence-electron chi connectivity index (χ4n) is 3.71. The lowest BCUT2D eigenvalue weighted by Crippen LogP contribution is -2.46. The normalized spacial score (nSPS) is 15.4. The van der Waals surface area contributed by atoms with E-state index in [0.717, 1.165) is 55.4 Å². The number of rotatable bonds is 4. The SMILES string of the molecule is Cc1cc2c(N3CCN(Cc4nc(-c5ccccc5)cs4)CC3)nccn2n1. The van der Waals surface area contributed by atoms with Crippen molar-refractivity contribution in [1.82, 2.24) is 24.5 Å². The van der Waals surface area contributed by atoms with E-state index in [4.69, 9.17) is 4.98 Å². The molecular formula is C21H22N6S. The van der Waals surface area contributed by atoms with E-state index < -0.39 is 0 Å². The van der Waals surface area contributed by atoms with Crippen molar-refractivity contribution in [2.24, 2.45) is 0 Å². The van der Waals surface area contributed by atoms with E-state index in [1.807, 2.05) is 29.9 Å². The molecule has 3 aromatic heterocycles. The van der Waals surface area contributed by atoms with Gasteiger partial charge in [0.15, 0.2) is 5.82 Å². The number of hydrogen-bond donors (Lipinski definition) is 0. The second kappa shape index (κ2) is 7.33. The van der Waals surface area contributed by atoms with E-state index >= 15 is 0 Å². The lowest BCUT2D eigenvalue weighted by molar-refractivity contribution is 0.249. The van der Waals surface area contributed by atoms with E-state index in [1.54, 1.807) is 11.3 Å². The van der Waals surface area contributed by atoms with Crippen LogP contribution in [0.3, 0.4) is 0 Å². The van der Waals surface area contributed by atoms with Crippen LogP contribution in [0.5, 0.6) is 0 Å². The number of hydrogen-bond acceptors (Lipinski definition) is 6. The van der Waals surface area contributed by atoms with Crippen molar-refractivity contribution < 1.29 is 0 Å². The van der Waals surface area contributed by atoms with Crippen molar-refractivity contribution in [3.63, 3.8) is 0 Å². The van der Waals surface area contributed by atoms with Gasteiger partial charge in [0.25, 0.3) is 0 Å². The summed E-state index contributed by atoms with van der Waals surface area (Å²) in [6, 6.07) is 12.5. The minimum Gasteiger partial charge on any atom is -0.352 e. The van der Waals surface area contributed by atoms with Crippen LogP contribution >= 0.6 is 11.3 Å². The van der Waals surface area contributed by atoms with Crippen LogP contribution in [0.25, 0.3) is 16.8 Å². The van der Waals surface area contributed by atoms with Crippen LogP contribution in [0, 0.1) is 6.92 Å². The Balaban J connectivity index is 1.25. The molecule has 1 aliphatic rings. The van der Waals surface area contributed by atoms with Crippen LogP contribution in [-0.4, -0.2) is 50.7 Å². The van der Waals surface area contributed by atoms with Gasteiger partial charge in [-0.25, -0.2) is 14.5 Å². The minimum atomic E-state index is 0.911. The van der Waals surface area contributed by atoms with Gasteiger partial charge in [0.2, 0.25) is 0 Å². The first-order valence-corrected chi connectivity index (χ1v) is 10.4. The highest BCUT2D eigenvalue weighted by Gasteiger charge is 2.21. The molecule has 4 aromatic rings. The van der Waals surface area contributed by atoms with Crippen molar-refractivity contribution in [1.29, 1.82) is 0 Å². The van der Waals surface area contributed by atoms with Crippen molar-refractivity contribution in [2.45, 2.75) is 13.5 Å². The van der Waals surface area contributed by atoms with E-state index in [2.05, 4.69) is 55.6 Å². The number of nitrogens with zero attached hydrogens (tertiary/aromatic N) is 6. The second-order valence-electron chi connectivity index (χ2n) is 7.12. The number of fused-ring (bicyclic) bond motifs is 1. The summed E-state index contributed by atoms with van der Waals surface area (Å²) in [5, 5.41) is 7.84. The van der Waals surface area contributed by atoms with Crippen molar-refractivity contribution in [3.8, 4) is 11.3 Å². The highest BCUT2D eigenvalue weighted by atomic mass is 32.1. The number of anilines is 1. The predicted molar refractivity (Wildman–Crippen MR) is 113 cm³/mol. The first kappa shape index (κ1) is 17.3. The average Bonchev–Trinajstić information content (AvgIpc) is 3.35. The Morgan fingerprint density at radius 3 is 2.71 bits per heavy atom. The van der Waals surface area contributed by atoms with Crippen molar-refractivity contribution in [2.75, 3.05) is 31.1 Å². The third-order valence-electron chi connectivity index (χ3n) is 5.14. The Hall–Kier alpha value is -2.77. The molecule has 0 saturated carbocycles. The number of piperazine rings is 1. The molecule has 6 nitrogen and oxygen atoms in total. The van der Waals surface area contributed by atoms with E-state index in [1.165, 1.54) is 10.6 Å². The van der Waals surface area contributed by atoms with Gasteiger partial charge < -0.3 is 4.90 Å². The maximum atomic E-state index is 4.83. The molecule has 7 heteroatoms. The quantitative estimate of drug-likeness (QED) is 0.534.